The number of rotatable bonds is 3. The van der Waals surface area contributed by atoms with E-state index < -0.39 is 6.04 Å². The molecule has 0 unspecified atom stereocenters. The fourth-order valence-electron chi connectivity index (χ4n) is 3.11. The maximum absolute atomic E-state index is 8.04. The molecule has 0 saturated carbocycles. The van der Waals surface area contributed by atoms with Gasteiger partial charge in [-0.2, -0.15) is 0 Å². The molecule has 4 aromatic carbocycles. The van der Waals surface area contributed by atoms with E-state index in [9.17, 15) is 0 Å². The molecule has 1 N–H and O–H groups in total. The smallest absolute Gasteiger partial charge is 0.135 e. The second-order valence-corrected chi connectivity index (χ2v) is 6.01. The van der Waals surface area contributed by atoms with Gasteiger partial charge in [-0.25, -0.2) is 0 Å². The average molecular weight is 340 g/mol. The molecule has 1 heterocycles. The molecule has 124 valence electrons. The number of benzene rings is 4. The van der Waals surface area contributed by atoms with Crippen molar-refractivity contribution in [2.24, 2.45) is 0 Å². The van der Waals surface area contributed by atoms with E-state index in [0.29, 0.717) is 5.69 Å². The maximum Gasteiger partial charge on any atom is 0.135 e. The molecule has 0 amide bonds. The van der Waals surface area contributed by atoms with Crippen LogP contribution in [-0.4, -0.2) is 0 Å². The van der Waals surface area contributed by atoms with E-state index in [1.165, 1.54) is 0 Å². The third kappa shape index (κ3) is 2.62. The van der Waals surface area contributed by atoms with Crippen LogP contribution < -0.4 is 5.32 Å². The first-order valence-electron chi connectivity index (χ1n) is 10.8. The van der Waals surface area contributed by atoms with Gasteiger partial charge in [-0.15, -0.1) is 0 Å². The zero-order chi connectivity index (χ0) is 21.7. The third-order valence-electron chi connectivity index (χ3n) is 4.36. The fourth-order valence-corrected chi connectivity index (χ4v) is 3.11. The molecule has 0 spiro atoms. The Hall–Kier alpha value is -3.52. The predicted octanol–water partition coefficient (Wildman–Crippen LogP) is 7.00. The highest BCUT2D eigenvalue weighted by Crippen LogP contribution is 2.32. The second-order valence-electron chi connectivity index (χ2n) is 6.01. The summed E-state index contributed by atoms with van der Waals surface area (Å²) in [6, 6.07) is 19.9. The number of hydrogen-bond donors (Lipinski definition) is 1. The van der Waals surface area contributed by atoms with Crippen LogP contribution in [0.4, 0.5) is 11.4 Å². The molecule has 0 saturated heterocycles. The lowest BCUT2D eigenvalue weighted by Gasteiger charge is -2.08. The molecule has 5 aromatic rings. The van der Waals surface area contributed by atoms with Gasteiger partial charge in [0.15, 0.2) is 0 Å². The minimum atomic E-state index is -0.405. The first-order valence-corrected chi connectivity index (χ1v) is 8.29. The number of furan rings is 1. The minimum absolute atomic E-state index is 0.0602. The van der Waals surface area contributed by atoms with Crippen molar-refractivity contribution in [1.29, 1.82) is 0 Å². The average Bonchev–Trinajstić information content (AvgIpc) is 3.17. The van der Waals surface area contributed by atoms with E-state index in [-0.39, 0.29) is 29.9 Å². The molecule has 0 radical (unpaired) electrons. The molecule has 0 atom stereocenters. The molecule has 0 aliphatic heterocycles. The van der Waals surface area contributed by atoms with Gasteiger partial charge in [-0.05, 0) is 53.5 Å². The lowest BCUT2D eigenvalue weighted by molar-refractivity contribution is 0.669. The van der Waals surface area contributed by atoms with Crippen LogP contribution in [0.2, 0.25) is 0 Å². The highest BCUT2D eigenvalue weighted by Gasteiger charge is 2.08. The van der Waals surface area contributed by atoms with E-state index in [1.54, 1.807) is 0 Å². The summed E-state index contributed by atoms with van der Waals surface area (Å²) in [5.74, 6) is 0. The second kappa shape index (κ2) is 6.08. The number of anilines is 2. The molecule has 0 fully saturated rings. The third-order valence-corrected chi connectivity index (χ3v) is 4.36. The Morgan fingerprint density at radius 1 is 0.654 bits per heavy atom. The van der Waals surface area contributed by atoms with Gasteiger partial charge in [0.2, 0.25) is 0 Å². The number of fused-ring (bicyclic) bond motifs is 3. The van der Waals surface area contributed by atoms with Gasteiger partial charge in [0.1, 0.15) is 11.2 Å². The number of nitrogens with one attached hydrogen (secondary N) is 1. The molecule has 0 bridgehead atoms. The van der Waals surface area contributed by atoms with E-state index in [1.807, 2.05) is 60.7 Å². The van der Waals surface area contributed by atoms with Crippen LogP contribution in [0.15, 0.2) is 101 Å². The lowest BCUT2D eigenvalue weighted by atomic mass is 10.0. The van der Waals surface area contributed by atoms with E-state index in [4.69, 9.17) is 11.3 Å². The standard InChI is InChI=1S/C24H17NO/c1-2-6-19(7-3-1)25-20-13-10-17(11-14-20)18-12-15-24-22(16-18)21-8-4-5-9-23(21)26-24/h1-16,25H/i1D,2D,3D,6D,7D. The Morgan fingerprint density at radius 3 is 2.23 bits per heavy atom. The first kappa shape index (κ1) is 10.5. The first-order chi connectivity index (χ1) is 14.9. The molecule has 26 heavy (non-hydrogen) atoms. The molecule has 2 heteroatoms. The summed E-state index contributed by atoms with van der Waals surface area (Å²) in [7, 11) is 0. The number of para-hydroxylation sites is 2. The van der Waals surface area contributed by atoms with E-state index in [2.05, 4.69) is 11.4 Å². The number of hydrogen-bond acceptors (Lipinski definition) is 2. The van der Waals surface area contributed by atoms with Crippen molar-refractivity contribution in [3.8, 4) is 11.1 Å². The van der Waals surface area contributed by atoms with Crippen LogP contribution in [-0.2, 0) is 0 Å². The molecule has 2 nitrogen and oxygen atoms in total. The Bertz CT molecular complexity index is 1430. The topological polar surface area (TPSA) is 25.2 Å². The summed E-state index contributed by atoms with van der Waals surface area (Å²) in [4.78, 5) is 0. The molecule has 0 aliphatic carbocycles. The van der Waals surface area contributed by atoms with Crippen molar-refractivity contribution in [3.05, 3.63) is 96.9 Å². The van der Waals surface area contributed by atoms with Crippen LogP contribution in [0.25, 0.3) is 33.1 Å². The zero-order valence-electron chi connectivity index (χ0n) is 18.8. The van der Waals surface area contributed by atoms with Crippen molar-refractivity contribution < 1.29 is 11.3 Å². The summed E-state index contributed by atoms with van der Waals surface area (Å²) in [6.07, 6.45) is 0. The molecule has 5 rings (SSSR count). The predicted molar refractivity (Wildman–Crippen MR) is 109 cm³/mol. The molecular formula is C24H17NO. The summed E-state index contributed by atoms with van der Waals surface area (Å²) < 4.78 is 45.3. The van der Waals surface area contributed by atoms with Crippen molar-refractivity contribution in [1.82, 2.24) is 0 Å². The Labute approximate surface area is 158 Å². The highest BCUT2D eigenvalue weighted by molar-refractivity contribution is 6.06. The van der Waals surface area contributed by atoms with Crippen molar-refractivity contribution in [2.75, 3.05) is 5.32 Å². The Morgan fingerprint density at radius 2 is 1.38 bits per heavy atom. The van der Waals surface area contributed by atoms with Gasteiger partial charge >= 0.3 is 0 Å². The van der Waals surface area contributed by atoms with Crippen molar-refractivity contribution in [3.63, 3.8) is 0 Å². The lowest BCUT2D eigenvalue weighted by Crippen LogP contribution is -1.89. The van der Waals surface area contributed by atoms with Crippen LogP contribution >= 0.6 is 0 Å². The molecule has 1 aromatic heterocycles. The van der Waals surface area contributed by atoms with Gasteiger partial charge in [-0.1, -0.05) is 54.5 Å². The quantitative estimate of drug-likeness (QED) is 0.382. The van der Waals surface area contributed by atoms with Crippen LogP contribution in [0.1, 0.15) is 6.85 Å². The SMILES string of the molecule is [2H]c1c([2H])c([2H])c(Nc2ccc(-c3ccc4oc5ccccc5c4c3)cc2)c([2H])c1[2H]. The highest BCUT2D eigenvalue weighted by atomic mass is 16.3. The van der Waals surface area contributed by atoms with Crippen LogP contribution in [0, 0.1) is 0 Å². The minimum Gasteiger partial charge on any atom is -0.456 e. The zero-order valence-corrected chi connectivity index (χ0v) is 13.8. The Kier molecular flexibility index (Phi) is 2.45. The van der Waals surface area contributed by atoms with Gasteiger partial charge in [0.25, 0.3) is 0 Å². The van der Waals surface area contributed by atoms with Gasteiger partial charge in [0.05, 0.1) is 6.85 Å². The summed E-state index contributed by atoms with van der Waals surface area (Å²) in [6.45, 7) is 0. The molecule has 0 aliphatic rings. The van der Waals surface area contributed by atoms with Crippen LogP contribution in [0.5, 0.6) is 0 Å². The van der Waals surface area contributed by atoms with Gasteiger partial charge in [-0.3, -0.25) is 0 Å². The summed E-state index contributed by atoms with van der Waals surface area (Å²) >= 11 is 0. The van der Waals surface area contributed by atoms with Gasteiger partial charge < -0.3 is 9.73 Å². The van der Waals surface area contributed by atoms with Crippen molar-refractivity contribution >= 4 is 33.3 Å². The largest absolute Gasteiger partial charge is 0.456 e. The fraction of sp³-hybridized carbons (Fsp3) is 0. The monoisotopic (exact) mass is 340 g/mol. The summed E-state index contributed by atoms with van der Waals surface area (Å²) in [5, 5.41) is 5.08. The summed E-state index contributed by atoms with van der Waals surface area (Å²) in [5.41, 5.74) is 4.42. The molecular weight excluding hydrogens is 318 g/mol. The van der Waals surface area contributed by atoms with Gasteiger partial charge in [0, 0.05) is 22.1 Å². The normalized spacial score (nSPS) is 13.8. The van der Waals surface area contributed by atoms with Crippen molar-refractivity contribution in [2.45, 2.75) is 0 Å². The van der Waals surface area contributed by atoms with Crippen LogP contribution in [0.3, 0.4) is 0 Å². The maximum atomic E-state index is 8.04. The Balaban J connectivity index is 1.49. The van der Waals surface area contributed by atoms with E-state index >= 15 is 0 Å². The van der Waals surface area contributed by atoms with E-state index in [0.717, 1.165) is 33.1 Å².